The maximum Gasteiger partial charge on any atom is 0.410 e. The van der Waals surface area contributed by atoms with Gasteiger partial charge in [-0.1, -0.05) is 60.7 Å². The number of amides is 1. The van der Waals surface area contributed by atoms with Gasteiger partial charge in [0.2, 0.25) is 0 Å². The van der Waals surface area contributed by atoms with Crippen LogP contribution in [-0.4, -0.2) is 65.2 Å². The van der Waals surface area contributed by atoms with Crippen LogP contribution < -0.4 is 5.32 Å². The minimum atomic E-state index is -0.491. The van der Waals surface area contributed by atoms with E-state index >= 15 is 0 Å². The molecule has 0 bridgehead atoms. The predicted molar refractivity (Wildman–Crippen MR) is 130 cm³/mol. The molecule has 1 amide bonds. The van der Waals surface area contributed by atoms with Gasteiger partial charge < -0.3 is 25.2 Å². The Bertz CT molecular complexity index is 853. The summed E-state index contributed by atoms with van der Waals surface area (Å²) in [5.74, 6) is 0.229. The van der Waals surface area contributed by atoms with Gasteiger partial charge in [-0.3, -0.25) is 0 Å². The Balaban J connectivity index is 0.000000203. The second kappa shape index (κ2) is 11.6. The van der Waals surface area contributed by atoms with Crippen LogP contribution >= 0.6 is 0 Å². The van der Waals surface area contributed by atoms with Crippen molar-refractivity contribution in [3.05, 3.63) is 71.8 Å². The summed E-state index contributed by atoms with van der Waals surface area (Å²) in [6, 6.07) is 20.1. The molecule has 2 aromatic carbocycles. The van der Waals surface area contributed by atoms with Crippen LogP contribution in [0, 0.1) is 0 Å². The number of carbonyl (C=O) groups excluding carboxylic acids is 1. The summed E-state index contributed by atoms with van der Waals surface area (Å²) in [4.78, 5) is 13.8. The average Bonchev–Trinajstić information content (AvgIpc) is 2.80. The number of benzene rings is 2. The van der Waals surface area contributed by atoms with Crippen LogP contribution in [0.1, 0.15) is 56.6 Å². The van der Waals surface area contributed by atoms with E-state index in [9.17, 15) is 15.0 Å². The first kappa shape index (κ1) is 25.2. The highest BCUT2D eigenvalue weighted by Gasteiger charge is 2.33. The second-order valence-electron chi connectivity index (χ2n) is 9.88. The van der Waals surface area contributed by atoms with Crippen molar-refractivity contribution in [2.45, 2.75) is 63.3 Å². The number of ether oxygens (including phenoxy) is 1. The molecule has 4 unspecified atom stereocenters. The van der Waals surface area contributed by atoms with Gasteiger partial charge in [-0.2, -0.15) is 0 Å². The van der Waals surface area contributed by atoms with Gasteiger partial charge in [0, 0.05) is 31.5 Å². The Morgan fingerprint density at radius 3 is 2.00 bits per heavy atom. The molecule has 0 aliphatic carbocycles. The Labute approximate surface area is 197 Å². The quantitative estimate of drug-likeness (QED) is 0.641. The van der Waals surface area contributed by atoms with Crippen LogP contribution in [0.5, 0.6) is 0 Å². The third-order valence-electron chi connectivity index (χ3n) is 6.13. The van der Waals surface area contributed by atoms with E-state index in [1.165, 1.54) is 5.56 Å². The van der Waals surface area contributed by atoms with Gasteiger partial charge in [-0.25, -0.2) is 4.79 Å². The standard InChI is InChI=1S/C16H23NO3.C11H15NO/c1-16(2,3)20-15(19)17-10-9-14(18)13(11-17)12-7-5-4-6-8-12;13-11-6-7-12-8-10(11)9-4-2-1-3-5-9/h4-8,13-14,18H,9-11H2,1-3H3;1-5,10-13H,6-8H2. The molecule has 0 radical (unpaired) electrons. The van der Waals surface area contributed by atoms with Gasteiger partial charge >= 0.3 is 6.09 Å². The first-order valence-corrected chi connectivity index (χ1v) is 11.9. The fourth-order valence-electron chi connectivity index (χ4n) is 4.34. The highest BCUT2D eigenvalue weighted by Crippen LogP contribution is 2.28. The molecule has 4 atom stereocenters. The summed E-state index contributed by atoms with van der Waals surface area (Å²) in [5, 5.41) is 23.3. The molecule has 3 N–H and O–H groups in total. The van der Waals surface area contributed by atoms with Crippen LogP contribution in [0.25, 0.3) is 0 Å². The van der Waals surface area contributed by atoms with Gasteiger partial charge in [0.05, 0.1) is 12.2 Å². The number of likely N-dealkylation sites (tertiary alicyclic amines) is 1. The highest BCUT2D eigenvalue weighted by atomic mass is 16.6. The number of nitrogens with zero attached hydrogens (tertiary/aromatic N) is 1. The second-order valence-corrected chi connectivity index (χ2v) is 9.88. The number of hydrogen-bond acceptors (Lipinski definition) is 5. The van der Waals surface area contributed by atoms with Crippen LogP contribution in [0.3, 0.4) is 0 Å². The summed E-state index contributed by atoms with van der Waals surface area (Å²) >= 11 is 0. The van der Waals surface area contributed by atoms with E-state index in [-0.39, 0.29) is 24.0 Å². The van der Waals surface area contributed by atoms with Gasteiger partial charge in [-0.15, -0.1) is 0 Å². The smallest absolute Gasteiger partial charge is 0.410 e. The van der Waals surface area contributed by atoms with E-state index in [4.69, 9.17) is 4.74 Å². The lowest BCUT2D eigenvalue weighted by molar-refractivity contribution is 0.00407. The van der Waals surface area contributed by atoms with Crippen LogP contribution in [0.4, 0.5) is 4.79 Å². The van der Waals surface area contributed by atoms with Gasteiger partial charge in [-0.05, 0) is 51.3 Å². The Morgan fingerprint density at radius 1 is 0.909 bits per heavy atom. The lowest BCUT2D eigenvalue weighted by Crippen LogP contribution is -2.46. The van der Waals surface area contributed by atoms with Crippen molar-refractivity contribution in [3.63, 3.8) is 0 Å². The van der Waals surface area contributed by atoms with E-state index in [1.54, 1.807) is 4.90 Å². The van der Waals surface area contributed by atoms with E-state index < -0.39 is 11.7 Å². The largest absolute Gasteiger partial charge is 0.444 e. The molecule has 6 nitrogen and oxygen atoms in total. The Kier molecular flexibility index (Phi) is 8.89. The maximum absolute atomic E-state index is 12.1. The Hall–Kier alpha value is -2.41. The van der Waals surface area contributed by atoms with Crippen LogP contribution in [0.15, 0.2) is 60.7 Å². The van der Waals surface area contributed by atoms with Crippen LogP contribution in [0.2, 0.25) is 0 Å². The highest BCUT2D eigenvalue weighted by molar-refractivity contribution is 5.68. The molecule has 2 fully saturated rings. The molecule has 2 aliphatic heterocycles. The zero-order valence-corrected chi connectivity index (χ0v) is 20.0. The van der Waals surface area contributed by atoms with Crippen molar-refractivity contribution in [2.75, 3.05) is 26.2 Å². The fourth-order valence-corrected chi connectivity index (χ4v) is 4.34. The van der Waals surface area contributed by atoms with Crippen molar-refractivity contribution < 1.29 is 19.7 Å². The van der Waals surface area contributed by atoms with E-state index in [1.807, 2.05) is 69.3 Å². The van der Waals surface area contributed by atoms with Crippen molar-refractivity contribution in [1.29, 1.82) is 0 Å². The normalized spacial score (nSPS) is 25.5. The zero-order valence-electron chi connectivity index (χ0n) is 20.0. The molecule has 6 heteroatoms. The molecule has 180 valence electrons. The van der Waals surface area contributed by atoms with Gasteiger partial charge in [0.1, 0.15) is 5.60 Å². The predicted octanol–water partition coefficient (Wildman–Crippen LogP) is 3.90. The number of piperidine rings is 2. The monoisotopic (exact) mass is 454 g/mol. The maximum atomic E-state index is 12.1. The average molecular weight is 455 g/mol. The molecule has 0 saturated carbocycles. The summed E-state index contributed by atoms with van der Waals surface area (Å²) in [6.45, 7) is 8.45. The van der Waals surface area contributed by atoms with Gasteiger partial charge in [0.15, 0.2) is 0 Å². The molecule has 4 rings (SSSR count). The molecule has 0 aromatic heterocycles. The zero-order chi connectivity index (χ0) is 23.8. The first-order chi connectivity index (χ1) is 15.7. The van der Waals surface area contributed by atoms with Gasteiger partial charge in [0.25, 0.3) is 0 Å². The topological polar surface area (TPSA) is 82.0 Å². The molecule has 2 saturated heterocycles. The number of rotatable bonds is 2. The summed E-state index contributed by atoms with van der Waals surface area (Å²) in [6.07, 6.45) is 0.559. The molecule has 2 aromatic rings. The third-order valence-corrected chi connectivity index (χ3v) is 6.13. The van der Waals surface area contributed by atoms with Crippen molar-refractivity contribution in [1.82, 2.24) is 10.2 Å². The fraction of sp³-hybridized carbons (Fsp3) is 0.519. The van der Waals surface area contributed by atoms with Crippen molar-refractivity contribution in [2.24, 2.45) is 0 Å². The molecule has 0 spiro atoms. The number of carbonyl (C=O) groups is 1. The Morgan fingerprint density at radius 2 is 1.45 bits per heavy atom. The summed E-state index contributed by atoms with van der Waals surface area (Å²) in [5.41, 5.74) is 1.81. The van der Waals surface area contributed by atoms with E-state index in [2.05, 4.69) is 17.4 Å². The van der Waals surface area contributed by atoms with Crippen molar-refractivity contribution in [3.8, 4) is 0 Å². The molecular weight excluding hydrogens is 416 g/mol. The minimum absolute atomic E-state index is 0.0440. The summed E-state index contributed by atoms with van der Waals surface area (Å²) in [7, 11) is 0. The SMILES string of the molecule is CC(C)(C)OC(=O)N1CCC(O)C(c2ccccc2)C1.OC1CCNCC1c1ccccc1. The third kappa shape index (κ3) is 7.56. The first-order valence-electron chi connectivity index (χ1n) is 11.9. The minimum Gasteiger partial charge on any atom is -0.444 e. The lowest BCUT2D eigenvalue weighted by atomic mass is 9.88. The molecule has 33 heavy (non-hydrogen) atoms. The van der Waals surface area contributed by atoms with E-state index in [0.717, 1.165) is 25.1 Å². The number of hydrogen-bond donors (Lipinski definition) is 3. The molecule has 2 heterocycles. The summed E-state index contributed by atoms with van der Waals surface area (Å²) < 4.78 is 5.40. The molecule has 2 aliphatic rings. The number of aliphatic hydroxyl groups is 2. The molecular formula is C27H38N2O4. The lowest BCUT2D eigenvalue weighted by Gasteiger charge is -2.37. The number of aliphatic hydroxyl groups excluding tert-OH is 2. The van der Waals surface area contributed by atoms with Crippen molar-refractivity contribution >= 4 is 6.09 Å². The van der Waals surface area contributed by atoms with E-state index in [0.29, 0.717) is 19.5 Å². The van der Waals surface area contributed by atoms with Crippen LogP contribution in [-0.2, 0) is 4.74 Å². The number of nitrogens with one attached hydrogen (secondary N) is 1.